The van der Waals surface area contributed by atoms with Crippen molar-refractivity contribution in [3.8, 4) is 6.07 Å². The van der Waals surface area contributed by atoms with E-state index in [2.05, 4.69) is 57.5 Å². The van der Waals surface area contributed by atoms with Crippen molar-refractivity contribution in [1.82, 2.24) is 10.6 Å². The molecule has 0 radical (unpaired) electrons. The van der Waals surface area contributed by atoms with Gasteiger partial charge in [-0.05, 0) is 64.5 Å². The molecule has 0 aromatic heterocycles. The average molecular weight is 383 g/mol. The fourth-order valence-corrected chi connectivity index (χ4v) is 4.37. The first kappa shape index (κ1) is 22.0. The molecule has 1 saturated heterocycles. The van der Waals surface area contributed by atoms with Gasteiger partial charge >= 0.3 is 0 Å². The Bertz CT molecular complexity index is 748. The van der Waals surface area contributed by atoms with Crippen molar-refractivity contribution < 1.29 is 4.79 Å². The summed E-state index contributed by atoms with van der Waals surface area (Å²) in [6, 6.07) is 8.30. The van der Waals surface area contributed by atoms with Crippen LogP contribution in [0.5, 0.6) is 0 Å². The minimum atomic E-state index is -0.363. The number of rotatable bonds is 6. The van der Waals surface area contributed by atoms with Crippen LogP contribution in [0, 0.1) is 11.3 Å². The molecule has 1 aliphatic heterocycles. The smallest absolute Gasteiger partial charge is 0.267 e. The minimum absolute atomic E-state index is 0.00157. The Hall–Kier alpha value is -2.32. The summed E-state index contributed by atoms with van der Waals surface area (Å²) in [6.45, 7) is 12.8. The molecular formula is C23H34N4O. The highest BCUT2D eigenvalue weighted by molar-refractivity contribution is 6.07. The molecule has 5 nitrogen and oxygen atoms in total. The van der Waals surface area contributed by atoms with Crippen molar-refractivity contribution in [3.63, 3.8) is 0 Å². The number of hydrogen-bond donors (Lipinski definition) is 3. The van der Waals surface area contributed by atoms with Gasteiger partial charge in [0.1, 0.15) is 11.6 Å². The van der Waals surface area contributed by atoms with Crippen LogP contribution in [-0.2, 0) is 17.6 Å². The zero-order valence-corrected chi connectivity index (χ0v) is 18.1. The number of para-hydroxylation sites is 1. The van der Waals surface area contributed by atoms with E-state index < -0.39 is 0 Å². The molecule has 1 heterocycles. The Kier molecular flexibility index (Phi) is 6.90. The molecule has 0 aliphatic carbocycles. The monoisotopic (exact) mass is 382 g/mol. The minimum Gasteiger partial charge on any atom is -0.387 e. The maximum atomic E-state index is 12.8. The number of amides is 1. The van der Waals surface area contributed by atoms with E-state index in [0.29, 0.717) is 0 Å². The van der Waals surface area contributed by atoms with E-state index in [4.69, 9.17) is 0 Å². The van der Waals surface area contributed by atoms with Gasteiger partial charge in [-0.3, -0.25) is 4.79 Å². The van der Waals surface area contributed by atoms with Gasteiger partial charge in [0.25, 0.3) is 5.91 Å². The Morgan fingerprint density at radius 1 is 1.18 bits per heavy atom. The SMILES string of the molecule is CCc1cccc(CC)c1NC(=O)/C(C#N)=C\NC1CC(C)(C)NC(C)(C)C1. The van der Waals surface area contributed by atoms with Crippen molar-refractivity contribution in [2.45, 2.75) is 84.3 Å². The summed E-state index contributed by atoms with van der Waals surface area (Å²) in [4.78, 5) is 12.8. The van der Waals surface area contributed by atoms with E-state index in [-0.39, 0.29) is 28.6 Å². The van der Waals surface area contributed by atoms with Crippen LogP contribution >= 0.6 is 0 Å². The molecule has 5 heteroatoms. The topological polar surface area (TPSA) is 77.0 Å². The highest BCUT2D eigenvalue weighted by Gasteiger charge is 2.37. The summed E-state index contributed by atoms with van der Waals surface area (Å²) in [7, 11) is 0. The van der Waals surface area contributed by atoms with E-state index >= 15 is 0 Å². The molecule has 152 valence electrons. The number of carbonyl (C=O) groups excluding carboxylic acids is 1. The van der Waals surface area contributed by atoms with Gasteiger partial charge in [0.15, 0.2) is 0 Å². The average Bonchev–Trinajstić information content (AvgIpc) is 2.59. The van der Waals surface area contributed by atoms with Gasteiger partial charge in [0.2, 0.25) is 0 Å². The molecule has 1 aromatic carbocycles. The van der Waals surface area contributed by atoms with Crippen molar-refractivity contribution in [1.29, 1.82) is 5.26 Å². The normalized spacial score (nSPS) is 19.0. The number of hydrogen-bond acceptors (Lipinski definition) is 4. The largest absolute Gasteiger partial charge is 0.387 e. The number of nitriles is 1. The Balaban J connectivity index is 2.15. The summed E-state index contributed by atoms with van der Waals surface area (Å²) in [6.07, 6.45) is 5.08. The molecule has 1 fully saturated rings. The standard InChI is InChI=1S/C23H34N4O/c1-7-16-10-9-11-17(8-2)20(16)26-21(28)18(14-24)15-25-19-12-22(3,4)27-23(5,6)13-19/h9-11,15,19,25,27H,7-8,12-13H2,1-6H3,(H,26,28)/b18-15-. The number of anilines is 1. The Morgan fingerprint density at radius 2 is 1.71 bits per heavy atom. The first-order valence-corrected chi connectivity index (χ1v) is 10.2. The first-order valence-electron chi connectivity index (χ1n) is 10.2. The summed E-state index contributed by atoms with van der Waals surface area (Å²) in [5.74, 6) is -0.363. The van der Waals surface area contributed by atoms with Crippen LogP contribution in [0.25, 0.3) is 0 Å². The fourth-order valence-electron chi connectivity index (χ4n) is 4.37. The maximum absolute atomic E-state index is 12.8. The molecular weight excluding hydrogens is 348 g/mol. The summed E-state index contributed by atoms with van der Waals surface area (Å²) in [5, 5.41) is 19.5. The molecule has 0 bridgehead atoms. The quantitative estimate of drug-likeness (QED) is 0.512. The van der Waals surface area contributed by atoms with Crippen LogP contribution in [-0.4, -0.2) is 23.0 Å². The van der Waals surface area contributed by atoms with E-state index in [1.165, 1.54) is 0 Å². The maximum Gasteiger partial charge on any atom is 0.267 e. The number of aryl methyl sites for hydroxylation is 2. The van der Waals surface area contributed by atoms with Crippen molar-refractivity contribution in [2.24, 2.45) is 0 Å². The molecule has 1 aromatic rings. The van der Waals surface area contributed by atoms with Crippen LogP contribution in [0.4, 0.5) is 5.69 Å². The van der Waals surface area contributed by atoms with Crippen molar-refractivity contribution in [3.05, 3.63) is 41.1 Å². The molecule has 2 rings (SSSR count). The highest BCUT2D eigenvalue weighted by Crippen LogP contribution is 2.28. The molecule has 28 heavy (non-hydrogen) atoms. The number of nitrogens with zero attached hydrogens (tertiary/aromatic N) is 1. The lowest BCUT2D eigenvalue weighted by atomic mass is 9.80. The molecule has 0 saturated carbocycles. The number of carbonyl (C=O) groups is 1. The van der Waals surface area contributed by atoms with Gasteiger partial charge in [-0.25, -0.2) is 0 Å². The molecule has 0 unspecified atom stereocenters. The number of piperidine rings is 1. The molecule has 0 atom stereocenters. The molecule has 1 aliphatic rings. The lowest BCUT2D eigenvalue weighted by Crippen LogP contribution is -2.61. The Labute approximate surface area is 169 Å². The predicted molar refractivity (Wildman–Crippen MR) is 115 cm³/mol. The highest BCUT2D eigenvalue weighted by atomic mass is 16.1. The fraction of sp³-hybridized carbons (Fsp3) is 0.565. The number of benzene rings is 1. The summed E-state index contributed by atoms with van der Waals surface area (Å²) < 4.78 is 0. The van der Waals surface area contributed by atoms with E-state index in [1.807, 2.05) is 24.3 Å². The molecule has 0 spiro atoms. The lowest BCUT2D eigenvalue weighted by molar-refractivity contribution is -0.112. The van der Waals surface area contributed by atoms with Gasteiger partial charge in [-0.15, -0.1) is 0 Å². The van der Waals surface area contributed by atoms with E-state index in [0.717, 1.165) is 42.5 Å². The van der Waals surface area contributed by atoms with E-state index in [9.17, 15) is 10.1 Å². The van der Waals surface area contributed by atoms with Crippen LogP contribution in [0.1, 0.15) is 65.5 Å². The van der Waals surface area contributed by atoms with Gasteiger partial charge < -0.3 is 16.0 Å². The molecule has 1 amide bonds. The van der Waals surface area contributed by atoms with Gasteiger partial charge in [-0.1, -0.05) is 32.0 Å². The van der Waals surface area contributed by atoms with Crippen LogP contribution < -0.4 is 16.0 Å². The van der Waals surface area contributed by atoms with Crippen LogP contribution in [0.15, 0.2) is 30.0 Å². The number of nitrogens with one attached hydrogen (secondary N) is 3. The lowest BCUT2D eigenvalue weighted by Gasteiger charge is -2.46. The van der Waals surface area contributed by atoms with Gasteiger partial charge in [0, 0.05) is 29.0 Å². The van der Waals surface area contributed by atoms with Crippen molar-refractivity contribution >= 4 is 11.6 Å². The van der Waals surface area contributed by atoms with Crippen LogP contribution in [0.2, 0.25) is 0 Å². The predicted octanol–water partition coefficient (Wildman–Crippen LogP) is 4.06. The third-order valence-corrected chi connectivity index (χ3v) is 5.26. The zero-order chi connectivity index (χ0) is 20.9. The van der Waals surface area contributed by atoms with E-state index in [1.54, 1.807) is 6.20 Å². The first-order chi connectivity index (χ1) is 13.1. The van der Waals surface area contributed by atoms with Gasteiger partial charge in [0.05, 0.1) is 0 Å². The Morgan fingerprint density at radius 3 is 2.18 bits per heavy atom. The molecule has 3 N–H and O–H groups in total. The second-order valence-corrected chi connectivity index (χ2v) is 8.95. The summed E-state index contributed by atoms with van der Waals surface area (Å²) >= 11 is 0. The second kappa shape index (κ2) is 8.79. The third-order valence-electron chi connectivity index (χ3n) is 5.26. The van der Waals surface area contributed by atoms with Crippen molar-refractivity contribution in [2.75, 3.05) is 5.32 Å². The third kappa shape index (κ3) is 5.59. The van der Waals surface area contributed by atoms with Gasteiger partial charge in [-0.2, -0.15) is 5.26 Å². The van der Waals surface area contributed by atoms with Crippen LogP contribution in [0.3, 0.4) is 0 Å². The summed E-state index contributed by atoms with van der Waals surface area (Å²) in [5.41, 5.74) is 3.10. The second-order valence-electron chi connectivity index (χ2n) is 8.95. The zero-order valence-electron chi connectivity index (χ0n) is 18.1.